The number of hydrogen-bond donors (Lipinski definition) is 1. The summed E-state index contributed by atoms with van der Waals surface area (Å²) in [6.07, 6.45) is 0.822. The minimum Gasteiger partial charge on any atom is -0.490 e. The predicted octanol–water partition coefficient (Wildman–Crippen LogP) is 3.38. The number of hydrogen-bond acceptors (Lipinski definition) is 5. The normalized spacial score (nSPS) is 13.0. The standard InChI is InChI=1S/C17H17BrN2O4S/c1-20(17(22)14-5-6-15(18)25-14)10-16(21)19-11-3-4-12-13(9-11)24-8-2-7-23-12/h3-6,9H,2,7-8,10H2,1H3,(H,19,21). The maximum atomic E-state index is 12.3. The van der Waals surface area contributed by atoms with E-state index in [9.17, 15) is 9.59 Å². The van der Waals surface area contributed by atoms with Crippen molar-refractivity contribution < 1.29 is 19.1 Å². The lowest BCUT2D eigenvalue weighted by Crippen LogP contribution is -2.34. The van der Waals surface area contributed by atoms with Crippen molar-refractivity contribution in [3.05, 3.63) is 39.0 Å². The van der Waals surface area contributed by atoms with Gasteiger partial charge in [-0.2, -0.15) is 0 Å². The molecule has 1 aliphatic heterocycles. The minimum atomic E-state index is -0.277. The highest BCUT2D eigenvalue weighted by Crippen LogP contribution is 2.32. The summed E-state index contributed by atoms with van der Waals surface area (Å²) in [5.41, 5.74) is 0.606. The number of ether oxygens (including phenoxy) is 2. The number of nitrogens with zero attached hydrogens (tertiary/aromatic N) is 1. The zero-order valence-corrected chi connectivity index (χ0v) is 16.0. The largest absolute Gasteiger partial charge is 0.490 e. The van der Waals surface area contributed by atoms with E-state index in [1.54, 1.807) is 31.3 Å². The van der Waals surface area contributed by atoms with E-state index in [1.165, 1.54) is 16.2 Å². The van der Waals surface area contributed by atoms with Gasteiger partial charge in [-0.1, -0.05) is 0 Å². The topological polar surface area (TPSA) is 67.9 Å². The van der Waals surface area contributed by atoms with Crippen LogP contribution in [0.2, 0.25) is 0 Å². The van der Waals surface area contributed by atoms with Gasteiger partial charge in [-0.25, -0.2) is 0 Å². The van der Waals surface area contributed by atoms with Crippen molar-refractivity contribution in [2.24, 2.45) is 0 Å². The molecule has 2 amide bonds. The van der Waals surface area contributed by atoms with Gasteiger partial charge < -0.3 is 19.7 Å². The van der Waals surface area contributed by atoms with E-state index < -0.39 is 0 Å². The van der Waals surface area contributed by atoms with Crippen molar-refractivity contribution in [2.45, 2.75) is 6.42 Å². The second kappa shape index (κ2) is 7.88. The fraction of sp³-hybridized carbons (Fsp3) is 0.294. The molecule has 2 aromatic rings. The Balaban J connectivity index is 1.60. The zero-order valence-electron chi connectivity index (χ0n) is 13.6. The predicted molar refractivity (Wildman–Crippen MR) is 99.7 cm³/mol. The molecule has 3 rings (SSSR count). The lowest BCUT2D eigenvalue weighted by Gasteiger charge is -2.16. The number of rotatable bonds is 4. The molecule has 8 heteroatoms. The average Bonchev–Trinajstić information content (AvgIpc) is 2.88. The molecule has 0 saturated carbocycles. The Morgan fingerprint density at radius 1 is 1.20 bits per heavy atom. The second-order valence-corrected chi connectivity index (χ2v) is 7.99. The summed E-state index contributed by atoms with van der Waals surface area (Å²) in [5, 5.41) is 2.78. The highest BCUT2D eigenvalue weighted by atomic mass is 79.9. The first-order valence-corrected chi connectivity index (χ1v) is 9.34. The van der Waals surface area contributed by atoms with Gasteiger partial charge in [0.15, 0.2) is 11.5 Å². The van der Waals surface area contributed by atoms with Gasteiger partial charge >= 0.3 is 0 Å². The first kappa shape index (κ1) is 17.8. The van der Waals surface area contributed by atoms with Crippen LogP contribution in [0, 0.1) is 0 Å². The molecular formula is C17H17BrN2O4S. The van der Waals surface area contributed by atoms with E-state index in [4.69, 9.17) is 9.47 Å². The van der Waals surface area contributed by atoms with Gasteiger partial charge in [-0.15, -0.1) is 11.3 Å². The average molecular weight is 425 g/mol. The number of thiophene rings is 1. The Kier molecular flexibility index (Phi) is 5.60. The van der Waals surface area contributed by atoms with E-state index in [2.05, 4.69) is 21.2 Å². The SMILES string of the molecule is CN(CC(=O)Nc1ccc2c(c1)OCCCO2)C(=O)c1ccc(Br)s1. The van der Waals surface area contributed by atoms with Gasteiger partial charge in [-0.3, -0.25) is 9.59 Å². The van der Waals surface area contributed by atoms with E-state index in [0.717, 1.165) is 10.2 Å². The van der Waals surface area contributed by atoms with Crippen LogP contribution in [-0.4, -0.2) is 43.5 Å². The van der Waals surface area contributed by atoms with Gasteiger partial charge in [0, 0.05) is 25.2 Å². The van der Waals surface area contributed by atoms with Gasteiger partial charge in [0.2, 0.25) is 5.91 Å². The Morgan fingerprint density at radius 3 is 2.68 bits per heavy atom. The van der Waals surface area contributed by atoms with Crippen LogP contribution in [-0.2, 0) is 4.79 Å². The third-order valence-corrected chi connectivity index (χ3v) is 5.15. The summed E-state index contributed by atoms with van der Waals surface area (Å²) in [5.74, 6) is 0.819. The molecule has 0 saturated heterocycles. The number of nitrogens with one attached hydrogen (secondary N) is 1. The number of halogens is 1. The quantitative estimate of drug-likeness (QED) is 0.816. The highest BCUT2D eigenvalue weighted by Gasteiger charge is 2.17. The van der Waals surface area contributed by atoms with Crippen molar-refractivity contribution in [2.75, 3.05) is 32.1 Å². The second-order valence-electron chi connectivity index (χ2n) is 5.53. The smallest absolute Gasteiger partial charge is 0.264 e. The summed E-state index contributed by atoms with van der Waals surface area (Å²) < 4.78 is 12.0. The van der Waals surface area contributed by atoms with Gasteiger partial charge in [0.1, 0.15) is 0 Å². The molecule has 132 valence electrons. The van der Waals surface area contributed by atoms with Gasteiger partial charge in [0.25, 0.3) is 5.91 Å². The highest BCUT2D eigenvalue weighted by molar-refractivity contribution is 9.11. The molecule has 0 unspecified atom stereocenters. The number of fused-ring (bicyclic) bond motifs is 1. The van der Waals surface area contributed by atoms with Crippen LogP contribution in [0.3, 0.4) is 0 Å². The van der Waals surface area contributed by atoms with Crippen molar-refractivity contribution in [3.8, 4) is 11.5 Å². The third-order valence-electron chi connectivity index (χ3n) is 3.54. The van der Waals surface area contributed by atoms with Gasteiger partial charge in [0.05, 0.1) is 28.4 Å². The molecule has 0 radical (unpaired) electrons. The van der Waals surface area contributed by atoms with Crippen LogP contribution in [0.1, 0.15) is 16.1 Å². The Bertz CT molecular complexity index is 793. The lowest BCUT2D eigenvalue weighted by atomic mass is 10.2. The fourth-order valence-corrected chi connectivity index (χ4v) is 3.73. The van der Waals surface area contributed by atoms with E-state index in [1.807, 2.05) is 6.07 Å². The number of carbonyl (C=O) groups excluding carboxylic acids is 2. The minimum absolute atomic E-state index is 0.0389. The van der Waals surface area contributed by atoms with E-state index in [0.29, 0.717) is 35.3 Å². The third kappa shape index (κ3) is 4.52. The monoisotopic (exact) mass is 424 g/mol. The maximum Gasteiger partial charge on any atom is 0.264 e. The molecule has 6 nitrogen and oxygen atoms in total. The Hall–Kier alpha value is -2.06. The first-order valence-electron chi connectivity index (χ1n) is 7.73. The molecule has 1 N–H and O–H groups in total. The molecule has 0 bridgehead atoms. The fourth-order valence-electron chi connectivity index (χ4n) is 2.35. The van der Waals surface area contributed by atoms with Gasteiger partial charge in [-0.05, 0) is 40.2 Å². The molecule has 1 aromatic heterocycles. The Labute approximate surface area is 157 Å². The molecule has 0 aliphatic carbocycles. The molecule has 1 aliphatic rings. The van der Waals surface area contributed by atoms with Crippen LogP contribution in [0.5, 0.6) is 11.5 Å². The number of likely N-dealkylation sites (N-methyl/N-ethyl adjacent to an activating group) is 1. The summed E-state index contributed by atoms with van der Waals surface area (Å²) in [4.78, 5) is 26.5. The van der Waals surface area contributed by atoms with Crippen LogP contribution < -0.4 is 14.8 Å². The van der Waals surface area contributed by atoms with E-state index in [-0.39, 0.29) is 18.4 Å². The summed E-state index contributed by atoms with van der Waals surface area (Å²) in [6, 6.07) is 8.80. The molecule has 0 spiro atoms. The van der Waals surface area contributed by atoms with Crippen LogP contribution >= 0.6 is 27.3 Å². The molecule has 1 aromatic carbocycles. The number of carbonyl (C=O) groups is 2. The molecule has 0 fully saturated rings. The summed E-state index contributed by atoms with van der Waals surface area (Å²) in [6.45, 7) is 1.16. The molecule has 25 heavy (non-hydrogen) atoms. The van der Waals surface area contributed by atoms with Crippen LogP contribution in [0.4, 0.5) is 5.69 Å². The first-order chi connectivity index (χ1) is 12.0. The zero-order chi connectivity index (χ0) is 17.8. The maximum absolute atomic E-state index is 12.3. The van der Waals surface area contributed by atoms with E-state index >= 15 is 0 Å². The van der Waals surface area contributed by atoms with Crippen LogP contribution in [0.25, 0.3) is 0 Å². The number of amides is 2. The van der Waals surface area contributed by atoms with Crippen molar-refractivity contribution in [1.82, 2.24) is 4.90 Å². The molecule has 0 atom stereocenters. The number of anilines is 1. The molecular weight excluding hydrogens is 408 g/mol. The number of benzene rings is 1. The lowest BCUT2D eigenvalue weighted by molar-refractivity contribution is -0.116. The van der Waals surface area contributed by atoms with Crippen molar-refractivity contribution in [3.63, 3.8) is 0 Å². The van der Waals surface area contributed by atoms with Crippen LogP contribution in [0.15, 0.2) is 34.1 Å². The molecule has 2 heterocycles. The summed E-state index contributed by atoms with van der Waals surface area (Å²) in [7, 11) is 1.60. The Morgan fingerprint density at radius 2 is 1.96 bits per heavy atom. The van der Waals surface area contributed by atoms with Crippen molar-refractivity contribution >= 4 is 44.8 Å². The summed E-state index contributed by atoms with van der Waals surface area (Å²) >= 11 is 4.66. The van der Waals surface area contributed by atoms with Crippen molar-refractivity contribution in [1.29, 1.82) is 0 Å².